The fourth-order valence-electron chi connectivity index (χ4n) is 4.72. The van der Waals surface area contributed by atoms with Crippen molar-refractivity contribution in [2.45, 2.75) is 36.9 Å². The number of ether oxygens (including phenoxy) is 3. The Bertz CT molecular complexity index is 878. The first-order chi connectivity index (χ1) is 11.0. The van der Waals surface area contributed by atoms with E-state index in [-0.39, 0.29) is 46.5 Å². The second kappa shape index (κ2) is 3.92. The lowest BCUT2D eigenvalue weighted by Crippen LogP contribution is -2.75. The molecule has 2 aromatic rings. The van der Waals surface area contributed by atoms with E-state index in [1.165, 1.54) is 0 Å². The molecule has 2 aliphatic heterocycles. The number of nitrogens with two attached hydrogens (primary N) is 1. The standard InChI is InChI=1S/C14H17N5O4/c1-13-3-14(4-21-2)8(13)7(22-13)11(23-14)19-5-16-6-9(19)17-12(15)18-10(6)20/h5,7-8,11H,3-4H2,1-2H3,(H3,15,17,18,20). The van der Waals surface area contributed by atoms with E-state index < -0.39 is 0 Å². The van der Waals surface area contributed by atoms with Gasteiger partial charge in [0.2, 0.25) is 5.95 Å². The highest BCUT2D eigenvalue weighted by Gasteiger charge is 2.79. The van der Waals surface area contributed by atoms with Gasteiger partial charge in [-0.1, -0.05) is 0 Å². The summed E-state index contributed by atoms with van der Waals surface area (Å²) in [6.45, 7) is 2.62. The number of nitrogens with zero attached hydrogens (tertiary/aromatic N) is 3. The zero-order chi connectivity index (χ0) is 16.0. The number of fused-ring (bicyclic) bond motifs is 1. The van der Waals surface area contributed by atoms with E-state index in [0.717, 1.165) is 6.42 Å². The lowest BCUT2D eigenvalue weighted by atomic mass is 9.54. The van der Waals surface area contributed by atoms with Gasteiger partial charge in [0.25, 0.3) is 5.56 Å². The van der Waals surface area contributed by atoms with Crippen LogP contribution in [0.2, 0.25) is 0 Å². The molecule has 0 spiro atoms. The maximum absolute atomic E-state index is 11.9. The van der Waals surface area contributed by atoms with E-state index >= 15 is 0 Å². The van der Waals surface area contributed by atoms with E-state index in [0.29, 0.717) is 12.3 Å². The molecule has 5 atom stereocenters. The molecule has 5 rings (SSSR count). The topological polar surface area (TPSA) is 117 Å². The monoisotopic (exact) mass is 319 g/mol. The Morgan fingerprint density at radius 3 is 3.13 bits per heavy atom. The van der Waals surface area contributed by atoms with Crippen LogP contribution in [0.1, 0.15) is 19.6 Å². The van der Waals surface area contributed by atoms with Crippen LogP contribution in [0.15, 0.2) is 11.1 Å². The first-order valence-corrected chi connectivity index (χ1v) is 7.54. The van der Waals surface area contributed by atoms with Gasteiger partial charge in [-0.05, 0) is 6.92 Å². The summed E-state index contributed by atoms with van der Waals surface area (Å²) in [5.74, 6) is 0.327. The SMILES string of the molecule is COCC12CC3(C)OC(C(n4cnc5c(=O)[nH]c(N)nc54)O1)C32. The average Bonchev–Trinajstić information content (AvgIpc) is 2.91. The molecule has 3 aliphatic rings. The molecule has 122 valence electrons. The van der Waals surface area contributed by atoms with E-state index in [1.54, 1.807) is 18.0 Å². The maximum Gasteiger partial charge on any atom is 0.280 e. The Labute approximate surface area is 130 Å². The summed E-state index contributed by atoms with van der Waals surface area (Å²) < 4.78 is 19.5. The predicted octanol–water partition coefficient (Wildman–Crippen LogP) is -0.207. The van der Waals surface area contributed by atoms with Crippen LogP contribution >= 0.6 is 0 Å². The fraction of sp³-hybridized carbons (Fsp3) is 0.643. The Hall–Kier alpha value is -1.97. The Balaban J connectivity index is 1.60. The minimum Gasteiger partial charge on any atom is -0.382 e. The summed E-state index contributed by atoms with van der Waals surface area (Å²) in [5.41, 5.74) is 5.47. The molecule has 1 saturated carbocycles. The number of methoxy groups -OCH3 is 1. The van der Waals surface area contributed by atoms with Crippen molar-refractivity contribution in [1.82, 2.24) is 19.5 Å². The van der Waals surface area contributed by atoms with Crippen LogP contribution in [-0.4, -0.2) is 50.5 Å². The van der Waals surface area contributed by atoms with E-state index in [2.05, 4.69) is 21.9 Å². The van der Waals surface area contributed by atoms with Crippen LogP contribution < -0.4 is 11.3 Å². The molecule has 1 aliphatic carbocycles. The average molecular weight is 319 g/mol. The van der Waals surface area contributed by atoms with Crippen molar-refractivity contribution in [3.05, 3.63) is 16.7 Å². The van der Waals surface area contributed by atoms with Gasteiger partial charge in [0.05, 0.1) is 24.5 Å². The molecule has 3 N–H and O–H groups in total. The molecule has 3 fully saturated rings. The molecule has 2 aromatic heterocycles. The summed E-state index contributed by atoms with van der Waals surface area (Å²) in [6, 6.07) is 0. The Morgan fingerprint density at radius 2 is 2.39 bits per heavy atom. The first-order valence-electron chi connectivity index (χ1n) is 7.54. The highest BCUT2D eigenvalue weighted by atomic mass is 16.6. The van der Waals surface area contributed by atoms with Crippen LogP contribution in [0, 0.1) is 5.92 Å². The van der Waals surface area contributed by atoms with Crippen LogP contribution in [-0.2, 0) is 14.2 Å². The van der Waals surface area contributed by atoms with Gasteiger partial charge >= 0.3 is 0 Å². The summed E-state index contributed by atoms with van der Waals surface area (Å²) >= 11 is 0. The summed E-state index contributed by atoms with van der Waals surface area (Å²) in [4.78, 5) is 22.7. The van der Waals surface area contributed by atoms with Crippen LogP contribution in [0.25, 0.3) is 11.2 Å². The Kier molecular flexibility index (Phi) is 2.29. The minimum absolute atomic E-state index is 0.0520. The number of rotatable bonds is 3. The van der Waals surface area contributed by atoms with Crippen molar-refractivity contribution in [2.24, 2.45) is 5.92 Å². The molecule has 2 saturated heterocycles. The number of imidazole rings is 1. The van der Waals surface area contributed by atoms with Gasteiger partial charge in [-0.25, -0.2) is 4.98 Å². The molecule has 0 bridgehead atoms. The summed E-state index contributed by atoms with van der Waals surface area (Å²) in [5, 5.41) is 0. The summed E-state index contributed by atoms with van der Waals surface area (Å²) in [6.07, 6.45) is 1.88. The number of hydrogen-bond donors (Lipinski definition) is 2. The molecule has 23 heavy (non-hydrogen) atoms. The number of nitrogen functional groups attached to an aromatic ring is 1. The summed E-state index contributed by atoms with van der Waals surface area (Å²) in [7, 11) is 1.67. The van der Waals surface area contributed by atoms with Crippen molar-refractivity contribution in [3.8, 4) is 0 Å². The third-order valence-corrected chi connectivity index (χ3v) is 5.36. The number of aromatic amines is 1. The van der Waals surface area contributed by atoms with Gasteiger partial charge in [0.1, 0.15) is 11.7 Å². The minimum atomic E-state index is -0.385. The smallest absolute Gasteiger partial charge is 0.280 e. The number of aromatic nitrogens is 4. The van der Waals surface area contributed by atoms with Gasteiger partial charge in [-0.2, -0.15) is 4.98 Å². The third kappa shape index (κ3) is 1.45. The van der Waals surface area contributed by atoms with Crippen molar-refractivity contribution in [2.75, 3.05) is 19.5 Å². The maximum atomic E-state index is 11.9. The lowest BCUT2D eigenvalue weighted by Gasteiger charge is -2.64. The van der Waals surface area contributed by atoms with Crippen molar-refractivity contribution in [1.29, 1.82) is 0 Å². The fourth-order valence-corrected chi connectivity index (χ4v) is 4.72. The van der Waals surface area contributed by atoms with E-state index in [4.69, 9.17) is 19.9 Å². The zero-order valence-corrected chi connectivity index (χ0v) is 12.8. The van der Waals surface area contributed by atoms with E-state index in [1.807, 2.05) is 0 Å². The molecule has 9 heteroatoms. The predicted molar refractivity (Wildman–Crippen MR) is 78.7 cm³/mol. The number of H-pyrrole nitrogens is 1. The molecule has 9 nitrogen and oxygen atoms in total. The molecule has 5 unspecified atom stereocenters. The first kappa shape index (κ1) is 13.5. The van der Waals surface area contributed by atoms with Crippen molar-refractivity contribution < 1.29 is 14.2 Å². The highest BCUT2D eigenvalue weighted by molar-refractivity contribution is 5.70. The quantitative estimate of drug-likeness (QED) is 0.804. The van der Waals surface area contributed by atoms with Gasteiger partial charge < -0.3 is 19.9 Å². The molecule has 0 radical (unpaired) electrons. The van der Waals surface area contributed by atoms with Crippen LogP contribution in [0.3, 0.4) is 0 Å². The van der Waals surface area contributed by atoms with Gasteiger partial charge in [-0.15, -0.1) is 0 Å². The Morgan fingerprint density at radius 1 is 1.57 bits per heavy atom. The normalized spacial score (nSPS) is 40.7. The largest absolute Gasteiger partial charge is 0.382 e. The zero-order valence-electron chi connectivity index (χ0n) is 12.8. The highest BCUT2D eigenvalue weighted by Crippen LogP contribution is 2.69. The van der Waals surface area contributed by atoms with Gasteiger partial charge in [0, 0.05) is 13.5 Å². The second-order valence-electron chi connectivity index (χ2n) is 6.83. The molecule has 0 aromatic carbocycles. The number of anilines is 1. The van der Waals surface area contributed by atoms with Gasteiger partial charge in [0.15, 0.2) is 17.4 Å². The lowest BCUT2D eigenvalue weighted by molar-refractivity contribution is -0.336. The number of hydrogen-bond acceptors (Lipinski definition) is 7. The molecule has 4 heterocycles. The van der Waals surface area contributed by atoms with Crippen LogP contribution in [0.5, 0.6) is 0 Å². The van der Waals surface area contributed by atoms with E-state index in [9.17, 15) is 4.79 Å². The van der Waals surface area contributed by atoms with Crippen LogP contribution in [0.4, 0.5) is 5.95 Å². The molecular weight excluding hydrogens is 302 g/mol. The number of nitrogens with one attached hydrogen (secondary N) is 1. The molecule has 0 amide bonds. The third-order valence-electron chi connectivity index (χ3n) is 5.36. The van der Waals surface area contributed by atoms with Crippen molar-refractivity contribution in [3.63, 3.8) is 0 Å². The second-order valence-corrected chi connectivity index (χ2v) is 6.83. The molecular formula is C14H17N5O4. The van der Waals surface area contributed by atoms with Gasteiger partial charge in [-0.3, -0.25) is 14.3 Å². The van der Waals surface area contributed by atoms with Crippen molar-refractivity contribution >= 4 is 17.1 Å².